The normalized spacial score (nSPS) is 10.8. The van der Waals surface area contributed by atoms with Gasteiger partial charge in [-0.25, -0.2) is 24.2 Å². The summed E-state index contributed by atoms with van der Waals surface area (Å²) in [6.45, 7) is 40.0. The second-order valence-corrected chi connectivity index (χ2v) is 19.9. The second-order valence-electron chi connectivity index (χ2n) is 19.9. The molecule has 0 radical (unpaired) electrons. The first-order valence-corrected chi connectivity index (χ1v) is 25.8. The van der Waals surface area contributed by atoms with Gasteiger partial charge in [0.25, 0.3) is 0 Å². The first-order chi connectivity index (χ1) is 41.7. The molecule has 0 bridgehead atoms. The molecule has 394 valence electrons. The number of fused-ring (bicyclic) bond motifs is 6. The monoisotopic (exact) mass is 1110 g/mol. The molecule has 12 rings (SSSR count). The van der Waals surface area contributed by atoms with E-state index in [0.29, 0.717) is 88.1 Å². The number of hydrogen-bond acceptors (Lipinski definition) is 5. The van der Waals surface area contributed by atoms with Gasteiger partial charge in [-0.15, -0.1) is 0 Å². The second kappa shape index (κ2) is 20.9. The maximum atomic E-state index is 15.8. The van der Waals surface area contributed by atoms with E-state index in [1.807, 2.05) is 30.3 Å². The Balaban J connectivity index is 1.20. The summed E-state index contributed by atoms with van der Waals surface area (Å²) < 4.78 is 51.0. The molecular formula is C71H29F3N12. The quantitative estimate of drug-likeness (QED) is 0.146. The fourth-order valence-corrected chi connectivity index (χ4v) is 11.2. The van der Waals surface area contributed by atoms with Crippen LogP contribution in [0.2, 0.25) is 0 Å². The third kappa shape index (κ3) is 9.09. The van der Waals surface area contributed by atoms with E-state index in [9.17, 15) is 26.3 Å². The third-order valence-corrected chi connectivity index (χ3v) is 15.0. The minimum Gasteiger partial charge on any atom is -0.319 e. The molecule has 12 nitrogen and oxygen atoms in total. The van der Waals surface area contributed by atoms with Crippen LogP contribution in [0, 0.1) is 89.5 Å². The molecule has 0 saturated heterocycles. The standard InChI is InChI=1S/C71H29F3N12/c1-80-53-20-41(36-76)16-49(25-53)45-7-12-65-58(29-45)59-30-46(50-17-42(37-77)21-54(26-50)81-2)8-13-66(59)85(65)69-34-64(84-5)70(33-62(69)57-11-6-40(35-75)24-63(57)71(72,73)74)86-67-14-9-47(51-18-43(38-78)22-55(27-51)82-3)31-60(67)61-32-48(10-15-68(61)86)52-19-44(39-79)23-56(28-52)83-4/h6-34H. The van der Waals surface area contributed by atoms with E-state index >= 15 is 13.2 Å². The van der Waals surface area contributed by atoms with Gasteiger partial charge < -0.3 is 9.13 Å². The van der Waals surface area contributed by atoms with Crippen molar-refractivity contribution in [3.63, 3.8) is 0 Å². The van der Waals surface area contributed by atoms with Gasteiger partial charge in [-0.05, 0) is 196 Å². The van der Waals surface area contributed by atoms with Gasteiger partial charge in [0, 0.05) is 55.0 Å². The van der Waals surface area contributed by atoms with E-state index in [0.717, 1.165) is 6.07 Å². The van der Waals surface area contributed by atoms with E-state index < -0.39 is 11.7 Å². The molecule has 10 aromatic carbocycles. The molecule has 0 atom stereocenters. The summed E-state index contributed by atoms with van der Waals surface area (Å²) in [5, 5.41) is 52.2. The van der Waals surface area contributed by atoms with Crippen molar-refractivity contribution >= 4 is 72.0 Å². The number of nitrogens with zero attached hydrogens (tertiary/aromatic N) is 12. The Morgan fingerprint density at radius 3 is 0.953 bits per heavy atom. The van der Waals surface area contributed by atoms with E-state index in [1.165, 1.54) is 48.5 Å². The highest BCUT2D eigenvalue weighted by atomic mass is 19.4. The van der Waals surface area contributed by atoms with Crippen LogP contribution in [0.1, 0.15) is 33.4 Å². The Hall–Kier alpha value is -13.5. The number of benzene rings is 10. The summed E-state index contributed by atoms with van der Waals surface area (Å²) in [5.74, 6) is 0. The highest BCUT2D eigenvalue weighted by Gasteiger charge is 2.36. The zero-order chi connectivity index (χ0) is 60.1. The van der Waals surface area contributed by atoms with Crippen molar-refractivity contribution in [2.24, 2.45) is 0 Å². The molecular weight excluding hydrogens is 1080 g/mol. The van der Waals surface area contributed by atoms with Gasteiger partial charge in [0.15, 0.2) is 22.7 Å². The summed E-state index contributed by atoms with van der Waals surface area (Å²) in [6.07, 6.45) is -5.02. The summed E-state index contributed by atoms with van der Waals surface area (Å²) >= 11 is 0. The molecule has 0 saturated carbocycles. The molecule has 0 aliphatic heterocycles. The Bertz CT molecular complexity index is 5100. The highest BCUT2D eigenvalue weighted by molar-refractivity contribution is 6.14. The van der Waals surface area contributed by atoms with Gasteiger partial charge in [0.2, 0.25) is 5.69 Å². The van der Waals surface area contributed by atoms with Crippen molar-refractivity contribution in [3.8, 4) is 97.4 Å². The van der Waals surface area contributed by atoms with Crippen molar-refractivity contribution in [1.82, 2.24) is 9.13 Å². The fourth-order valence-electron chi connectivity index (χ4n) is 11.2. The lowest BCUT2D eigenvalue weighted by molar-refractivity contribution is -0.137. The van der Waals surface area contributed by atoms with Crippen LogP contribution < -0.4 is 0 Å². The molecule has 15 heteroatoms. The topological polar surface area (TPSA) is 151 Å². The summed E-state index contributed by atoms with van der Waals surface area (Å²) in [4.78, 5) is 18.5. The summed E-state index contributed by atoms with van der Waals surface area (Å²) in [7, 11) is 0. The zero-order valence-electron chi connectivity index (χ0n) is 44.2. The molecule has 0 spiro atoms. The van der Waals surface area contributed by atoms with Crippen molar-refractivity contribution in [2.45, 2.75) is 6.18 Å². The summed E-state index contributed by atoms with van der Waals surface area (Å²) in [6, 6.07) is 57.5. The summed E-state index contributed by atoms with van der Waals surface area (Å²) in [5.41, 5.74) is 7.17. The molecule has 86 heavy (non-hydrogen) atoms. The highest BCUT2D eigenvalue weighted by Crippen LogP contribution is 2.48. The maximum absolute atomic E-state index is 15.8. The van der Waals surface area contributed by atoms with Crippen LogP contribution in [0.3, 0.4) is 0 Å². The van der Waals surface area contributed by atoms with Gasteiger partial charge in [-0.3, -0.25) is 0 Å². The minimum atomic E-state index is -5.02. The maximum Gasteiger partial charge on any atom is 0.417 e. The average molecular weight is 1110 g/mol. The Labute approximate surface area is 488 Å². The van der Waals surface area contributed by atoms with Crippen molar-refractivity contribution in [1.29, 1.82) is 26.3 Å². The molecule has 2 aromatic heterocycles. The number of hydrogen-bond donors (Lipinski definition) is 0. The molecule has 0 fully saturated rings. The van der Waals surface area contributed by atoms with Crippen LogP contribution in [-0.2, 0) is 6.18 Å². The van der Waals surface area contributed by atoms with Crippen LogP contribution in [0.5, 0.6) is 0 Å². The van der Waals surface area contributed by atoms with Gasteiger partial charge >= 0.3 is 6.18 Å². The minimum absolute atomic E-state index is 0.00577. The average Bonchev–Trinajstić information content (AvgIpc) is 1.58. The SMILES string of the molecule is [C-]#[N+]c1cc(C#N)cc(-c2ccc3c(c2)c2cc(-c4cc(C#N)cc([N+]#[C-])c4)ccc2n3-c2cc(-c3ccc(C#N)cc3C(F)(F)F)c(-n3c4ccc(-c5cc(C#N)cc([N+]#[C-])c5)cc4c4cc(-c5cc(C#N)cc([N+]#[C-])c5)ccc43)cc2[N+]#[C-])c1. The Morgan fingerprint density at radius 2 is 0.651 bits per heavy atom. The molecule has 0 aliphatic carbocycles. The van der Waals surface area contributed by atoms with Crippen molar-refractivity contribution in [2.75, 3.05) is 0 Å². The first-order valence-electron chi connectivity index (χ1n) is 25.8. The fraction of sp³-hybridized carbons (Fsp3) is 0.0141. The predicted molar refractivity (Wildman–Crippen MR) is 322 cm³/mol. The van der Waals surface area contributed by atoms with Crippen LogP contribution in [0.15, 0.2) is 176 Å². The molecule has 0 aliphatic rings. The smallest absolute Gasteiger partial charge is 0.319 e. The van der Waals surface area contributed by atoms with Crippen LogP contribution in [0.4, 0.5) is 41.6 Å². The lowest BCUT2D eigenvalue weighted by Crippen LogP contribution is -2.09. The van der Waals surface area contributed by atoms with Crippen LogP contribution in [-0.4, -0.2) is 9.13 Å². The van der Waals surface area contributed by atoms with Gasteiger partial charge in [0.1, 0.15) is 0 Å². The molecule has 2 heterocycles. The zero-order valence-corrected chi connectivity index (χ0v) is 44.2. The molecule has 0 N–H and O–H groups in total. The van der Waals surface area contributed by atoms with E-state index in [4.69, 9.17) is 32.9 Å². The van der Waals surface area contributed by atoms with E-state index in [-0.39, 0.29) is 78.8 Å². The number of nitriles is 5. The number of aromatic nitrogens is 2. The van der Waals surface area contributed by atoms with Crippen molar-refractivity contribution < 1.29 is 13.2 Å². The lowest BCUT2D eigenvalue weighted by atomic mass is 9.94. The van der Waals surface area contributed by atoms with Gasteiger partial charge in [-0.2, -0.15) is 39.5 Å². The van der Waals surface area contributed by atoms with E-state index in [1.54, 1.807) is 106 Å². The van der Waals surface area contributed by atoms with Gasteiger partial charge in [-0.1, -0.05) is 30.3 Å². The van der Waals surface area contributed by atoms with E-state index in [2.05, 4.69) is 48.5 Å². The van der Waals surface area contributed by atoms with Crippen molar-refractivity contribution in [3.05, 3.63) is 266 Å². The Kier molecular flexibility index (Phi) is 12.9. The molecule has 0 amide bonds. The van der Waals surface area contributed by atoms with Gasteiger partial charge in [0.05, 0.1) is 102 Å². The largest absolute Gasteiger partial charge is 0.417 e. The third-order valence-electron chi connectivity index (χ3n) is 15.0. The molecule has 12 aromatic rings. The predicted octanol–water partition coefficient (Wildman–Crippen LogP) is 19.3. The first kappa shape index (κ1) is 53.1. The number of rotatable bonds is 7. The lowest BCUT2D eigenvalue weighted by Gasteiger charge is -2.21. The number of halogens is 3. The number of alkyl halides is 3. The molecule has 0 unspecified atom stereocenters. The Morgan fingerprint density at radius 1 is 0.314 bits per heavy atom. The van der Waals surface area contributed by atoms with Crippen LogP contribution >= 0.6 is 0 Å². The van der Waals surface area contributed by atoms with Crippen LogP contribution in [0.25, 0.3) is 135 Å².